The van der Waals surface area contributed by atoms with Crippen LogP contribution in [0.1, 0.15) is 12.0 Å². The molecule has 0 bridgehead atoms. The molecule has 3 aromatic rings. The third-order valence-electron chi connectivity index (χ3n) is 4.31. The fourth-order valence-corrected chi connectivity index (χ4v) is 3.71. The van der Waals surface area contributed by atoms with Gasteiger partial charge in [-0.25, -0.2) is 0 Å². The summed E-state index contributed by atoms with van der Waals surface area (Å²) in [4.78, 5) is 3.10. The van der Waals surface area contributed by atoms with Crippen LogP contribution in [0.3, 0.4) is 0 Å². The molecule has 140 valence electrons. The Balaban J connectivity index is 1.72. The molecule has 0 amide bonds. The standard InChI is InChI=1S/C22H24N2O2S/c1-26-14-4-13-24(16-17-7-10-20(25)11-8-17)22(23)27-21-12-9-18-5-2-3-6-19(18)15-21/h2-3,5-12,15,23,25H,4,13-14,16H2,1H3. The molecule has 0 unspecified atom stereocenters. The number of benzene rings is 3. The number of fused-ring (bicyclic) bond motifs is 1. The Morgan fingerprint density at radius 3 is 2.52 bits per heavy atom. The molecule has 2 N–H and O–H groups in total. The summed E-state index contributed by atoms with van der Waals surface area (Å²) < 4.78 is 5.17. The second-order valence-corrected chi connectivity index (χ2v) is 7.41. The number of rotatable bonds is 7. The molecule has 27 heavy (non-hydrogen) atoms. The normalized spacial score (nSPS) is 10.9. The van der Waals surface area contributed by atoms with Crippen molar-refractivity contribution in [1.29, 1.82) is 5.41 Å². The summed E-state index contributed by atoms with van der Waals surface area (Å²) in [5.41, 5.74) is 1.06. The van der Waals surface area contributed by atoms with Crippen LogP contribution in [0.25, 0.3) is 10.8 Å². The van der Waals surface area contributed by atoms with Crippen molar-refractivity contribution in [3.8, 4) is 5.75 Å². The predicted octanol–water partition coefficient (Wildman–Crippen LogP) is 5.11. The minimum Gasteiger partial charge on any atom is -0.508 e. The Labute approximate surface area is 164 Å². The van der Waals surface area contributed by atoms with E-state index in [9.17, 15) is 5.11 Å². The summed E-state index contributed by atoms with van der Waals surface area (Å²) in [5, 5.41) is 21.0. The molecule has 0 saturated heterocycles. The van der Waals surface area contributed by atoms with E-state index < -0.39 is 0 Å². The van der Waals surface area contributed by atoms with E-state index in [1.165, 1.54) is 22.5 Å². The van der Waals surface area contributed by atoms with Crippen molar-refractivity contribution in [3.05, 3.63) is 72.3 Å². The summed E-state index contributed by atoms with van der Waals surface area (Å²) in [6.07, 6.45) is 0.856. The zero-order valence-corrected chi connectivity index (χ0v) is 16.2. The van der Waals surface area contributed by atoms with Crippen LogP contribution in [0.4, 0.5) is 0 Å². The Morgan fingerprint density at radius 2 is 1.78 bits per heavy atom. The van der Waals surface area contributed by atoms with Crippen LogP contribution >= 0.6 is 11.8 Å². The number of nitrogens with one attached hydrogen (secondary N) is 1. The monoisotopic (exact) mass is 380 g/mol. The van der Waals surface area contributed by atoms with Gasteiger partial charge in [-0.15, -0.1) is 0 Å². The molecular formula is C22H24N2O2S. The predicted molar refractivity (Wildman–Crippen MR) is 113 cm³/mol. The van der Waals surface area contributed by atoms with E-state index >= 15 is 0 Å². The number of nitrogens with zero attached hydrogens (tertiary/aromatic N) is 1. The highest BCUT2D eigenvalue weighted by atomic mass is 32.2. The van der Waals surface area contributed by atoms with Gasteiger partial charge in [0.25, 0.3) is 0 Å². The number of hydrogen-bond donors (Lipinski definition) is 2. The molecule has 0 aromatic heterocycles. The Bertz CT molecular complexity index is 896. The summed E-state index contributed by atoms with van der Waals surface area (Å²) in [5.74, 6) is 0.255. The maximum Gasteiger partial charge on any atom is 0.161 e. The minimum absolute atomic E-state index is 0.255. The summed E-state index contributed by atoms with van der Waals surface area (Å²) >= 11 is 1.47. The first-order chi connectivity index (χ1) is 13.2. The molecule has 0 spiro atoms. The highest BCUT2D eigenvalue weighted by molar-refractivity contribution is 8.13. The van der Waals surface area contributed by atoms with Gasteiger partial charge in [-0.05, 0) is 47.0 Å². The number of hydrogen-bond acceptors (Lipinski definition) is 4. The lowest BCUT2D eigenvalue weighted by Crippen LogP contribution is -2.29. The van der Waals surface area contributed by atoms with Crippen molar-refractivity contribution >= 4 is 27.7 Å². The average molecular weight is 381 g/mol. The van der Waals surface area contributed by atoms with Gasteiger partial charge in [0, 0.05) is 31.7 Å². The zero-order valence-electron chi connectivity index (χ0n) is 15.4. The number of amidine groups is 1. The second-order valence-electron chi connectivity index (χ2n) is 6.35. The molecule has 0 heterocycles. The van der Waals surface area contributed by atoms with Gasteiger partial charge in [0.15, 0.2) is 5.17 Å². The fourth-order valence-electron chi connectivity index (χ4n) is 2.88. The maximum atomic E-state index is 9.48. The molecule has 5 heteroatoms. The lowest BCUT2D eigenvalue weighted by atomic mass is 10.1. The quantitative estimate of drug-likeness (QED) is 0.259. The van der Waals surface area contributed by atoms with Gasteiger partial charge < -0.3 is 14.7 Å². The Kier molecular flexibility index (Phi) is 6.74. The lowest BCUT2D eigenvalue weighted by molar-refractivity contribution is 0.185. The highest BCUT2D eigenvalue weighted by Crippen LogP contribution is 2.26. The topological polar surface area (TPSA) is 56.6 Å². The number of methoxy groups -OCH3 is 1. The van der Waals surface area contributed by atoms with Crippen molar-refractivity contribution in [2.24, 2.45) is 0 Å². The van der Waals surface area contributed by atoms with Gasteiger partial charge >= 0.3 is 0 Å². The third-order valence-corrected chi connectivity index (χ3v) is 5.25. The summed E-state index contributed by atoms with van der Waals surface area (Å²) in [6, 6.07) is 21.7. The van der Waals surface area contributed by atoms with Crippen molar-refractivity contribution in [3.63, 3.8) is 0 Å². The van der Waals surface area contributed by atoms with Crippen molar-refractivity contribution < 1.29 is 9.84 Å². The summed E-state index contributed by atoms with van der Waals surface area (Å²) in [7, 11) is 1.69. The van der Waals surface area contributed by atoms with Crippen LogP contribution in [-0.4, -0.2) is 35.4 Å². The largest absolute Gasteiger partial charge is 0.508 e. The second kappa shape index (κ2) is 9.44. The van der Waals surface area contributed by atoms with Crippen LogP contribution in [0.5, 0.6) is 5.75 Å². The molecule has 0 aliphatic carbocycles. The number of ether oxygens (including phenoxy) is 1. The van der Waals surface area contributed by atoms with Crippen LogP contribution < -0.4 is 0 Å². The first-order valence-corrected chi connectivity index (χ1v) is 9.74. The Hall–Kier alpha value is -2.50. The first kappa shape index (κ1) is 19.3. The number of phenolic OH excluding ortho intramolecular Hbond substituents is 1. The molecule has 0 atom stereocenters. The third kappa shape index (κ3) is 5.49. The SMILES string of the molecule is COCCCN(Cc1ccc(O)cc1)C(=N)Sc1ccc2ccccc2c1. The van der Waals surface area contributed by atoms with Crippen molar-refractivity contribution in [1.82, 2.24) is 4.90 Å². The number of thioether (sulfide) groups is 1. The van der Waals surface area contributed by atoms with Gasteiger partial charge in [-0.2, -0.15) is 0 Å². The van der Waals surface area contributed by atoms with Crippen molar-refractivity contribution in [2.45, 2.75) is 17.9 Å². The number of phenols is 1. The molecule has 0 aliphatic rings. The van der Waals surface area contributed by atoms with Gasteiger partial charge in [0.1, 0.15) is 5.75 Å². The van der Waals surface area contributed by atoms with E-state index in [4.69, 9.17) is 10.1 Å². The van der Waals surface area contributed by atoms with Crippen LogP contribution in [-0.2, 0) is 11.3 Å². The smallest absolute Gasteiger partial charge is 0.161 e. The van der Waals surface area contributed by atoms with E-state index in [2.05, 4.69) is 30.3 Å². The van der Waals surface area contributed by atoms with Crippen LogP contribution in [0.2, 0.25) is 0 Å². The van der Waals surface area contributed by atoms with E-state index in [1.807, 2.05) is 29.2 Å². The molecule has 0 radical (unpaired) electrons. The van der Waals surface area contributed by atoms with Gasteiger partial charge in [-0.3, -0.25) is 5.41 Å². The molecule has 0 fully saturated rings. The zero-order chi connectivity index (χ0) is 19.1. The molecule has 0 saturated carbocycles. The lowest BCUT2D eigenvalue weighted by Gasteiger charge is -2.25. The highest BCUT2D eigenvalue weighted by Gasteiger charge is 2.13. The van der Waals surface area contributed by atoms with Crippen LogP contribution in [0, 0.1) is 5.41 Å². The van der Waals surface area contributed by atoms with Gasteiger partial charge in [-0.1, -0.05) is 54.2 Å². The van der Waals surface area contributed by atoms with Gasteiger partial charge in [0.05, 0.1) is 0 Å². The van der Waals surface area contributed by atoms with E-state index in [0.717, 1.165) is 23.4 Å². The average Bonchev–Trinajstić information content (AvgIpc) is 2.69. The van der Waals surface area contributed by atoms with Gasteiger partial charge in [0.2, 0.25) is 0 Å². The van der Waals surface area contributed by atoms with E-state index in [-0.39, 0.29) is 5.75 Å². The fraction of sp³-hybridized carbons (Fsp3) is 0.227. The molecule has 0 aliphatic heterocycles. The van der Waals surface area contributed by atoms with Crippen molar-refractivity contribution in [2.75, 3.05) is 20.3 Å². The Morgan fingerprint density at radius 1 is 1.04 bits per heavy atom. The van der Waals surface area contributed by atoms with Crippen LogP contribution in [0.15, 0.2) is 71.6 Å². The van der Waals surface area contributed by atoms with E-state index in [1.54, 1.807) is 19.2 Å². The number of aromatic hydroxyl groups is 1. The minimum atomic E-state index is 0.255. The maximum absolute atomic E-state index is 9.48. The molecular weight excluding hydrogens is 356 g/mol. The molecule has 4 nitrogen and oxygen atoms in total. The summed E-state index contributed by atoms with van der Waals surface area (Å²) in [6.45, 7) is 2.04. The first-order valence-electron chi connectivity index (χ1n) is 8.93. The molecule has 3 aromatic carbocycles. The molecule has 3 rings (SSSR count). The van der Waals surface area contributed by atoms with E-state index in [0.29, 0.717) is 18.3 Å².